The number of hydrogen-bond donors (Lipinski definition) is 6. The number of nitrogens with zero attached hydrogens (tertiary/aromatic N) is 2. The van der Waals surface area contributed by atoms with Gasteiger partial charge in [-0.3, -0.25) is 18.7 Å². The molecule has 0 saturated heterocycles. The number of urea groups is 1. The normalized spacial score (nSPS) is 21.0. The molecule has 0 spiro atoms. The number of allylic oxidation sites excluding steroid dienone is 10. The van der Waals surface area contributed by atoms with E-state index in [4.69, 9.17) is 0 Å². The lowest BCUT2D eigenvalue weighted by atomic mass is 9.89. The zero-order chi connectivity index (χ0) is 37.4. The largest absolute Gasteiger partial charge is 0.507 e. The molecule has 52 heavy (non-hydrogen) atoms. The predicted octanol–water partition coefficient (Wildman–Crippen LogP) is 4.76. The second-order valence-electron chi connectivity index (χ2n) is 11.4. The number of rotatable bonds is 6. The molecule has 6 rings (SSSR count). The third-order valence-corrected chi connectivity index (χ3v) is 10.1. The molecular formula is C35H26N4O11S2. The summed E-state index contributed by atoms with van der Waals surface area (Å²) in [4.78, 5) is 47.2. The van der Waals surface area contributed by atoms with Gasteiger partial charge in [0.2, 0.25) is 0 Å². The van der Waals surface area contributed by atoms with E-state index in [0.717, 1.165) is 24.3 Å². The van der Waals surface area contributed by atoms with Crippen LogP contribution in [0.2, 0.25) is 0 Å². The molecule has 6 N–H and O–H groups in total. The predicted molar refractivity (Wildman–Crippen MR) is 192 cm³/mol. The van der Waals surface area contributed by atoms with Crippen molar-refractivity contribution in [3.8, 4) is 0 Å². The Balaban J connectivity index is 1.15. The number of aliphatic hydroxyl groups excluding tert-OH is 2. The monoisotopic (exact) mass is 742 g/mol. The molecule has 2 unspecified atom stereocenters. The van der Waals surface area contributed by atoms with Crippen molar-refractivity contribution in [2.24, 2.45) is 9.98 Å². The van der Waals surface area contributed by atoms with Gasteiger partial charge in [-0.2, -0.15) is 16.8 Å². The number of benzene rings is 2. The number of aliphatic imine (C=N–C) groups is 2. The molecule has 15 nitrogen and oxygen atoms in total. The van der Waals surface area contributed by atoms with Crippen LogP contribution in [-0.2, 0) is 20.2 Å². The van der Waals surface area contributed by atoms with Crippen molar-refractivity contribution in [2.45, 2.75) is 10.5 Å². The minimum Gasteiger partial charge on any atom is -0.507 e. The molecular weight excluding hydrogens is 717 g/mol. The van der Waals surface area contributed by atoms with Gasteiger partial charge in [0.25, 0.3) is 32.1 Å². The fourth-order valence-corrected chi connectivity index (χ4v) is 7.27. The van der Waals surface area contributed by atoms with Gasteiger partial charge in [0.15, 0.2) is 0 Å². The zero-order valence-electron chi connectivity index (χ0n) is 26.4. The fraction of sp³-hybridized carbons (Fsp3) is 0.0571. The van der Waals surface area contributed by atoms with Gasteiger partial charge in [-0.05, 0) is 71.8 Å². The van der Waals surface area contributed by atoms with Gasteiger partial charge in [0.1, 0.15) is 22.0 Å². The highest BCUT2D eigenvalue weighted by atomic mass is 32.2. The smallest absolute Gasteiger partial charge is 0.323 e. The molecule has 2 aromatic rings. The highest BCUT2D eigenvalue weighted by Crippen LogP contribution is 2.33. The minimum absolute atomic E-state index is 0.0334. The highest BCUT2D eigenvalue weighted by molar-refractivity contribution is 7.87. The van der Waals surface area contributed by atoms with E-state index in [1.165, 1.54) is 85.0 Å². The second kappa shape index (κ2) is 13.8. The van der Waals surface area contributed by atoms with E-state index in [0.29, 0.717) is 0 Å². The summed E-state index contributed by atoms with van der Waals surface area (Å²) in [7, 11) is -9.14. The molecule has 0 saturated carbocycles. The van der Waals surface area contributed by atoms with Gasteiger partial charge in [0.05, 0.1) is 11.4 Å². The van der Waals surface area contributed by atoms with Gasteiger partial charge in [0, 0.05) is 33.6 Å². The Morgan fingerprint density at radius 2 is 1.02 bits per heavy atom. The van der Waals surface area contributed by atoms with Crippen molar-refractivity contribution in [1.29, 1.82) is 0 Å². The molecule has 4 aliphatic rings. The molecule has 0 bridgehead atoms. The Labute approximate surface area is 296 Å². The van der Waals surface area contributed by atoms with Crippen LogP contribution >= 0.6 is 0 Å². The third-order valence-electron chi connectivity index (χ3n) is 7.95. The molecule has 0 fully saturated rings. The first-order valence-corrected chi connectivity index (χ1v) is 18.1. The molecule has 0 radical (unpaired) electrons. The van der Waals surface area contributed by atoms with Crippen LogP contribution in [0.3, 0.4) is 0 Å². The number of anilines is 2. The van der Waals surface area contributed by atoms with Gasteiger partial charge in [-0.1, -0.05) is 48.6 Å². The maximum atomic E-state index is 13.1. The SMILES string of the molecule is O=C(Nc1cccc(C(=O)N=C2C=CC=C3C2=C(O)C=CC3S(=O)(=O)O)c1)Nc1cccc(C(=O)N=C2C=CC=C3C2=C(O)C=CC3S(=O)(=O)O)c1. The molecule has 264 valence electrons. The zero-order valence-corrected chi connectivity index (χ0v) is 28.0. The van der Waals surface area contributed by atoms with E-state index in [1.807, 2.05) is 0 Å². The van der Waals surface area contributed by atoms with Gasteiger partial charge in [-0.15, -0.1) is 0 Å². The van der Waals surface area contributed by atoms with Crippen molar-refractivity contribution < 1.29 is 50.5 Å². The number of fused-ring (bicyclic) bond motifs is 2. The first-order chi connectivity index (χ1) is 24.6. The van der Waals surface area contributed by atoms with Crippen LogP contribution in [0, 0.1) is 0 Å². The van der Waals surface area contributed by atoms with Gasteiger partial charge >= 0.3 is 6.03 Å². The summed E-state index contributed by atoms with van der Waals surface area (Å²) in [5, 5.41) is 23.1. The Morgan fingerprint density at radius 1 is 0.615 bits per heavy atom. The first kappa shape index (κ1) is 35.6. The topological polar surface area (TPSA) is 249 Å². The molecule has 2 atom stereocenters. The van der Waals surface area contributed by atoms with Crippen LogP contribution in [0.4, 0.5) is 16.2 Å². The van der Waals surface area contributed by atoms with E-state index >= 15 is 0 Å². The quantitative estimate of drug-likeness (QED) is 0.220. The first-order valence-electron chi connectivity index (χ1n) is 15.1. The van der Waals surface area contributed by atoms with Crippen LogP contribution in [0.5, 0.6) is 0 Å². The molecule has 17 heteroatoms. The highest BCUT2D eigenvalue weighted by Gasteiger charge is 2.35. The average molecular weight is 743 g/mol. The number of carbonyl (C=O) groups is 3. The summed E-state index contributed by atoms with van der Waals surface area (Å²) in [5.41, 5.74) is 0.336. The second-order valence-corrected chi connectivity index (χ2v) is 14.5. The van der Waals surface area contributed by atoms with Crippen LogP contribution in [0.1, 0.15) is 20.7 Å². The van der Waals surface area contributed by atoms with Crippen molar-refractivity contribution >= 4 is 60.9 Å². The molecule has 4 amide bonds. The maximum Gasteiger partial charge on any atom is 0.323 e. The molecule has 0 aliphatic heterocycles. The van der Waals surface area contributed by atoms with Gasteiger partial charge in [-0.25, -0.2) is 14.8 Å². The molecule has 4 aliphatic carbocycles. The Kier molecular flexibility index (Phi) is 9.44. The van der Waals surface area contributed by atoms with Crippen LogP contribution in [0.15, 0.2) is 153 Å². The van der Waals surface area contributed by atoms with E-state index in [2.05, 4.69) is 20.6 Å². The van der Waals surface area contributed by atoms with E-state index in [-0.39, 0.29) is 67.7 Å². The Bertz CT molecular complexity index is 2330. The summed E-state index contributed by atoms with van der Waals surface area (Å²) >= 11 is 0. The molecule has 0 aromatic heterocycles. The number of hydrogen-bond acceptors (Lipinski definition) is 9. The fourth-order valence-electron chi connectivity index (χ4n) is 5.69. The van der Waals surface area contributed by atoms with Crippen LogP contribution in [0.25, 0.3) is 0 Å². The number of amides is 4. The van der Waals surface area contributed by atoms with Crippen molar-refractivity contribution in [1.82, 2.24) is 0 Å². The van der Waals surface area contributed by atoms with Gasteiger partial charge < -0.3 is 20.8 Å². The summed E-state index contributed by atoms with van der Waals surface area (Å²) in [5.74, 6) is -2.27. The summed E-state index contributed by atoms with van der Waals surface area (Å²) < 4.78 is 66.8. The standard InChI is InChI=1S/C35H26N4O11S2/c40-27-13-15-29(51(45,46)47)23-9-3-11-25(31(23)27)38-33(42)19-5-1-7-21(17-19)36-35(44)37-22-8-2-6-20(18-22)34(43)39-26-12-4-10-24-30(52(48,49)50)16-14-28(41)32(24)26/h1-18,29-30,40-41H,(H2,36,37,44)(H,45,46,47)(H,48,49,50). The van der Waals surface area contributed by atoms with Crippen LogP contribution < -0.4 is 10.6 Å². The molecule has 2 aromatic carbocycles. The number of carbonyl (C=O) groups excluding carboxylic acids is 3. The average Bonchev–Trinajstić information content (AvgIpc) is 3.07. The summed E-state index contributed by atoms with van der Waals surface area (Å²) in [6.07, 6.45) is 12.8. The van der Waals surface area contributed by atoms with Crippen molar-refractivity contribution in [3.63, 3.8) is 0 Å². The Hall–Kier alpha value is -6.27. The minimum atomic E-state index is -4.57. The van der Waals surface area contributed by atoms with Crippen molar-refractivity contribution in [2.75, 3.05) is 10.6 Å². The molecule has 0 heterocycles. The maximum absolute atomic E-state index is 13.1. The lowest BCUT2D eigenvalue weighted by Gasteiger charge is -2.23. The summed E-state index contributed by atoms with van der Waals surface area (Å²) in [6.45, 7) is 0. The van der Waals surface area contributed by atoms with E-state index < -0.39 is 48.6 Å². The Morgan fingerprint density at radius 3 is 1.40 bits per heavy atom. The lowest BCUT2D eigenvalue weighted by Crippen LogP contribution is -2.28. The lowest BCUT2D eigenvalue weighted by molar-refractivity contribution is 0.0994. The van der Waals surface area contributed by atoms with Crippen molar-refractivity contribution in [3.05, 3.63) is 154 Å². The number of nitrogens with one attached hydrogen (secondary N) is 2. The van der Waals surface area contributed by atoms with E-state index in [1.54, 1.807) is 0 Å². The van der Waals surface area contributed by atoms with E-state index in [9.17, 15) is 50.5 Å². The van der Waals surface area contributed by atoms with Crippen LogP contribution in [-0.4, -0.2) is 75.9 Å². The number of aliphatic hydroxyl groups is 2. The summed E-state index contributed by atoms with van der Waals surface area (Å²) in [6, 6.07) is 10.7. The third kappa shape index (κ3) is 7.42.